The number of benzene rings is 1. The molecule has 1 aromatic rings. The molecule has 152 valence electrons. The molecule has 3 amide bonds. The molecule has 2 N–H and O–H groups in total. The first-order valence-corrected chi connectivity index (χ1v) is 9.01. The highest BCUT2D eigenvalue weighted by Crippen LogP contribution is 2.19. The van der Waals surface area contributed by atoms with E-state index in [-0.39, 0.29) is 6.42 Å². The maximum atomic E-state index is 14.4. The zero-order valence-electron chi connectivity index (χ0n) is 15.5. The lowest BCUT2D eigenvalue weighted by atomic mass is 9.98. The third kappa shape index (κ3) is 5.58. The van der Waals surface area contributed by atoms with Crippen molar-refractivity contribution >= 4 is 23.5 Å². The average molecular weight is 395 g/mol. The first-order chi connectivity index (χ1) is 13.2. The minimum atomic E-state index is -4.38. The fourth-order valence-corrected chi connectivity index (χ4v) is 2.98. The molecule has 0 aliphatic carbocycles. The molecule has 1 aliphatic rings. The maximum Gasteiger partial charge on any atom is 0.383 e. The summed E-state index contributed by atoms with van der Waals surface area (Å²) in [6.07, 6.45) is 1.47. The Morgan fingerprint density at radius 2 is 1.71 bits per heavy atom. The third-order valence-corrected chi connectivity index (χ3v) is 4.43. The molecule has 7 nitrogen and oxygen atoms in total. The molecular formula is C19H23F2N3O4. The molecule has 0 bridgehead atoms. The van der Waals surface area contributed by atoms with Gasteiger partial charge >= 0.3 is 5.92 Å². The number of likely N-dealkylation sites (tertiary alicyclic amines) is 1. The van der Waals surface area contributed by atoms with Gasteiger partial charge in [0.05, 0.1) is 12.6 Å². The van der Waals surface area contributed by atoms with Gasteiger partial charge in [0.1, 0.15) is 0 Å². The van der Waals surface area contributed by atoms with Crippen LogP contribution in [0.25, 0.3) is 0 Å². The fraction of sp³-hybridized carbons (Fsp3) is 0.474. The van der Waals surface area contributed by atoms with Gasteiger partial charge in [-0.3, -0.25) is 19.2 Å². The van der Waals surface area contributed by atoms with E-state index in [0.29, 0.717) is 18.7 Å². The molecule has 1 heterocycles. The summed E-state index contributed by atoms with van der Waals surface area (Å²) in [5, 5.41) is 4.01. The lowest BCUT2D eigenvalue weighted by Gasteiger charge is -2.23. The number of amides is 3. The van der Waals surface area contributed by atoms with Crippen molar-refractivity contribution in [3.63, 3.8) is 0 Å². The summed E-state index contributed by atoms with van der Waals surface area (Å²) in [7, 11) is 0. The number of nitrogens with one attached hydrogen (secondary N) is 2. The molecular weight excluding hydrogens is 372 g/mol. The Hall–Kier alpha value is -2.84. The van der Waals surface area contributed by atoms with Gasteiger partial charge in [-0.05, 0) is 18.4 Å². The van der Waals surface area contributed by atoms with E-state index >= 15 is 0 Å². The highest BCUT2D eigenvalue weighted by atomic mass is 19.3. The Kier molecular flexibility index (Phi) is 7.19. The van der Waals surface area contributed by atoms with Crippen molar-refractivity contribution in [1.29, 1.82) is 0 Å². The summed E-state index contributed by atoms with van der Waals surface area (Å²) in [5.74, 6) is -9.11. The van der Waals surface area contributed by atoms with Gasteiger partial charge in [-0.1, -0.05) is 30.3 Å². The van der Waals surface area contributed by atoms with E-state index in [1.54, 1.807) is 30.3 Å². The first-order valence-electron chi connectivity index (χ1n) is 9.01. The van der Waals surface area contributed by atoms with Gasteiger partial charge in [0.2, 0.25) is 17.6 Å². The van der Waals surface area contributed by atoms with E-state index in [2.05, 4.69) is 5.32 Å². The van der Waals surface area contributed by atoms with Crippen LogP contribution in [0.15, 0.2) is 30.3 Å². The zero-order chi connectivity index (χ0) is 20.7. The standard InChI is InChI=1S/C19H23F2N3O4/c1-13(25)23-15(11-14-7-3-2-4-8-14)17(27)19(20,21)18(28)22-12-16(26)24-9-5-6-10-24/h2-4,7-8,15H,5-6,9-12H2,1H3,(H,22,28)(H,23,25). The topological polar surface area (TPSA) is 95.6 Å². The Balaban J connectivity index is 2.03. The van der Waals surface area contributed by atoms with Gasteiger partial charge in [-0.25, -0.2) is 0 Å². The summed E-state index contributed by atoms with van der Waals surface area (Å²) in [4.78, 5) is 48.9. The number of nitrogens with zero attached hydrogens (tertiary/aromatic N) is 1. The zero-order valence-corrected chi connectivity index (χ0v) is 15.5. The molecule has 28 heavy (non-hydrogen) atoms. The van der Waals surface area contributed by atoms with E-state index in [1.807, 2.05) is 5.32 Å². The van der Waals surface area contributed by atoms with Crippen LogP contribution < -0.4 is 10.6 Å². The monoisotopic (exact) mass is 395 g/mol. The normalized spacial score (nSPS) is 15.0. The van der Waals surface area contributed by atoms with Crippen molar-refractivity contribution in [3.05, 3.63) is 35.9 Å². The number of carbonyl (C=O) groups excluding carboxylic acids is 4. The summed E-state index contributed by atoms with van der Waals surface area (Å²) in [6.45, 7) is 1.53. The molecule has 1 aliphatic heterocycles. The number of rotatable bonds is 8. The molecule has 0 saturated carbocycles. The number of alkyl halides is 2. The van der Waals surface area contributed by atoms with Gasteiger partial charge in [-0.15, -0.1) is 0 Å². The molecule has 2 rings (SSSR count). The van der Waals surface area contributed by atoms with E-state index in [1.165, 1.54) is 4.90 Å². The van der Waals surface area contributed by atoms with Crippen LogP contribution in [-0.2, 0) is 25.6 Å². The quantitative estimate of drug-likeness (QED) is 0.633. The lowest BCUT2D eigenvalue weighted by molar-refractivity contribution is -0.160. The largest absolute Gasteiger partial charge is 0.383 e. The summed E-state index contributed by atoms with van der Waals surface area (Å²) < 4.78 is 28.8. The van der Waals surface area contributed by atoms with Gasteiger partial charge in [-0.2, -0.15) is 8.78 Å². The van der Waals surface area contributed by atoms with Gasteiger partial charge in [0.25, 0.3) is 5.91 Å². The predicted octanol–water partition coefficient (Wildman–Crippen LogP) is 0.677. The highest BCUT2D eigenvalue weighted by molar-refractivity contribution is 6.11. The SMILES string of the molecule is CC(=O)NC(Cc1ccccc1)C(=O)C(F)(F)C(=O)NCC(=O)N1CCCC1. The Morgan fingerprint density at radius 3 is 2.29 bits per heavy atom. The Labute approximate surface area is 161 Å². The summed E-state index contributed by atoms with van der Waals surface area (Å²) in [5.41, 5.74) is 0.551. The fourth-order valence-electron chi connectivity index (χ4n) is 2.98. The van der Waals surface area contributed by atoms with E-state index in [4.69, 9.17) is 0 Å². The number of hydrogen-bond donors (Lipinski definition) is 2. The summed E-state index contributed by atoms with van der Waals surface area (Å²) in [6, 6.07) is 6.72. The molecule has 1 saturated heterocycles. The second-order valence-electron chi connectivity index (χ2n) is 6.65. The number of ketones is 1. The molecule has 1 fully saturated rings. The Bertz CT molecular complexity index is 734. The highest BCUT2D eigenvalue weighted by Gasteiger charge is 2.50. The van der Waals surface area contributed by atoms with Gasteiger partial charge in [0.15, 0.2) is 0 Å². The molecule has 9 heteroatoms. The van der Waals surface area contributed by atoms with Crippen molar-refractivity contribution in [2.24, 2.45) is 0 Å². The maximum absolute atomic E-state index is 14.4. The third-order valence-electron chi connectivity index (χ3n) is 4.43. The number of hydrogen-bond acceptors (Lipinski definition) is 4. The molecule has 0 radical (unpaired) electrons. The van der Waals surface area contributed by atoms with Crippen molar-refractivity contribution in [3.8, 4) is 0 Å². The molecule has 1 atom stereocenters. The van der Waals surface area contributed by atoms with E-state index in [9.17, 15) is 28.0 Å². The van der Waals surface area contributed by atoms with E-state index in [0.717, 1.165) is 19.8 Å². The van der Waals surface area contributed by atoms with E-state index < -0.39 is 42.0 Å². The van der Waals surface area contributed by atoms with Crippen LogP contribution in [0, 0.1) is 0 Å². The second kappa shape index (κ2) is 9.38. The minimum absolute atomic E-state index is 0.186. The molecule has 1 aromatic carbocycles. The second-order valence-corrected chi connectivity index (χ2v) is 6.65. The van der Waals surface area contributed by atoms with Crippen LogP contribution in [0.3, 0.4) is 0 Å². The van der Waals surface area contributed by atoms with Crippen molar-refractivity contribution in [2.75, 3.05) is 19.6 Å². The number of carbonyl (C=O) groups is 4. The number of Topliss-reactive ketones (excluding diaryl/α,β-unsaturated/α-hetero) is 1. The van der Waals surface area contributed by atoms with Crippen molar-refractivity contribution in [2.45, 2.75) is 38.2 Å². The van der Waals surface area contributed by atoms with Crippen LogP contribution in [0.1, 0.15) is 25.3 Å². The molecule has 0 aromatic heterocycles. The van der Waals surface area contributed by atoms with Gasteiger partial charge in [0, 0.05) is 26.4 Å². The number of halogens is 2. The minimum Gasteiger partial charge on any atom is -0.346 e. The Morgan fingerprint density at radius 1 is 1.11 bits per heavy atom. The first kappa shape index (κ1) is 21.5. The smallest absolute Gasteiger partial charge is 0.346 e. The average Bonchev–Trinajstić information content (AvgIpc) is 3.20. The van der Waals surface area contributed by atoms with Crippen LogP contribution >= 0.6 is 0 Å². The van der Waals surface area contributed by atoms with Crippen molar-refractivity contribution < 1.29 is 28.0 Å². The summed E-state index contributed by atoms with van der Waals surface area (Å²) >= 11 is 0. The van der Waals surface area contributed by atoms with Crippen LogP contribution in [0.5, 0.6) is 0 Å². The molecule has 0 spiro atoms. The van der Waals surface area contributed by atoms with Crippen LogP contribution in [0.2, 0.25) is 0 Å². The van der Waals surface area contributed by atoms with Gasteiger partial charge < -0.3 is 15.5 Å². The lowest BCUT2D eigenvalue weighted by Crippen LogP contribution is -2.56. The predicted molar refractivity (Wildman–Crippen MR) is 96.5 cm³/mol. The molecule has 1 unspecified atom stereocenters. The van der Waals surface area contributed by atoms with Crippen LogP contribution in [0.4, 0.5) is 8.78 Å². The van der Waals surface area contributed by atoms with Crippen molar-refractivity contribution in [1.82, 2.24) is 15.5 Å². The van der Waals surface area contributed by atoms with Crippen LogP contribution in [-0.4, -0.2) is 60.0 Å².